The zero-order chi connectivity index (χ0) is 15.2. The Labute approximate surface area is 134 Å². The number of nitrogens with one attached hydrogen (secondary N) is 1. The fourth-order valence-electron chi connectivity index (χ4n) is 1.97. The van der Waals surface area contributed by atoms with Crippen molar-refractivity contribution in [3.8, 4) is 0 Å². The molecule has 0 radical (unpaired) electrons. The van der Waals surface area contributed by atoms with E-state index in [0.717, 1.165) is 22.1 Å². The number of para-hydroxylation sites is 1. The van der Waals surface area contributed by atoms with Crippen molar-refractivity contribution in [1.82, 2.24) is 4.98 Å². The topological polar surface area (TPSA) is 42.0 Å². The summed E-state index contributed by atoms with van der Waals surface area (Å²) in [7, 11) is 0. The summed E-state index contributed by atoms with van der Waals surface area (Å²) in [5.41, 5.74) is 3.13. The van der Waals surface area contributed by atoms with Gasteiger partial charge in [0.05, 0.1) is 5.75 Å². The Balaban J connectivity index is 1.96. The normalized spacial score (nSPS) is 12.1. The first-order valence-corrected chi connectivity index (χ1v) is 8.90. The molecule has 0 unspecified atom stereocenters. The average Bonchev–Trinajstić information content (AvgIpc) is 2.90. The maximum Gasteiger partial charge on any atom is 0.234 e. The first kappa shape index (κ1) is 16.0. The molecule has 5 heteroatoms. The molecule has 0 aliphatic rings. The number of nitrogens with zero attached hydrogens (tertiary/aromatic N) is 1. The Morgan fingerprint density at radius 3 is 2.86 bits per heavy atom. The van der Waals surface area contributed by atoms with Crippen LogP contribution >= 0.6 is 23.1 Å². The number of aryl methyl sites for hydroxylation is 1. The van der Waals surface area contributed by atoms with Gasteiger partial charge in [-0.25, -0.2) is 4.98 Å². The maximum absolute atomic E-state index is 12.1. The number of anilines is 1. The number of thioether (sulfide) groups is 1. The summed E-state index contributed by atoms with van der Waals surface area (Å²) in [4.78, 5) is 16.5. The predicted molar refractivity (Wildman–Crippen MR) is 91.4 cm³/mol. The predicted octanol–water partition coefficient (Wildman–Crippen LogP) is 4.70. The van der Waals surface area contributed by atoms with Crippen LogP contribution in [0.3, 0.4) is 0 Å². The monoisotopic (exact) mass is 320 g/mol. The highest BCUT2D eigenvalue weighted by Crippen LogP contribution is 2.27. The van der Waals surface area contributed by atoms with E-state index in [9.17, 15) is 4.79 Å². The van der Waals surface area contributed by atoms with Crippen LogP contribution in [0.25, 0.3) is 0 Å². The average molecular weight is 320 g/mol. The van der Waals surface area contributed by atoms with Crippen molar-refractivity contribution in [2.75, 3.05) is 11.1 Å². The smallest absolute Gasteiger partial charge is 0.234 e. The first-order chi connectivity index (χ1) is 10.1. The van der Waals surface area contributed by atoms with Crippen molar-refractivity contribution in [3.63, 3.8) is 0 Å². The molecule has 1 heterocycles. The largest absolute Gasteiger partial charge is 0.325 e. The number of amides is 1. The highest BCUT2D eigenvalue weighted by molar-refractivity contribution is 8.01. The van der Waals surface area contributed by atoms with Crippen LogP contribution in [0.5, 0.6) is 0 Å². The van der Waals surface area contributed by atoms with Crippen molar-refractivity contribution in [3.05, 3.63) is 40.9 Å². The molecule has 1 atom stereocenters. The molecule has 0 aliphatic carbocycles. The molecule has 0 aliphatic heterocycles. The summed E-state index contributed by atoms with van der Waals surface area (Å²) in [6, 6.07) is 8.03. The Bertz CT molecular complexity index is 610. The Hall–Kier alpha value is -1.33. The molecule has 112 valence electrons. The Kier molecular flexibility index (Phi) is 5.82. The van der Waals surface area contributed by atoms with Gasteiger partial charge in [-0.1, -0.05) is 43.8 Å². The van der Waals surface area contributed by atoms with E-state index in [0.29, 0.717) is 11.7 Å². The molecular weight excluding hydrogens is 300 g/mol. The third kappa shape index (κ3) is 4.58. The van der Waals surface area contributed by atoms with Gasteiger partial charge in [-0.3, -0.25) is 4.79 Å². The number of aromatic nitrogens is 1. The van der Waals surface area contributed by atoms with Gasteiger partial charge in [-0.15, -0.1) is 11.3 Å². The maximum atomic E-state index is 12.1. The van der Waals surface area contributed by atoms with Gasteiger partial charge in [0, 0.05) is 16.8 Å². The zero-order valence-electron chi connectivity index (χ0n) is 12.6. The quantitative estimate of drug-likeness (QED) is 0.785. The van der Waals surface area contributed by atoms with E-state index >= 15 is 0 Å². The van der Waals surface area contributed by atoms with Gasteiger partial charge in [0.1, 0.15) is 0 Å². The fourth-order valence-corrected chi connectivity index (χ4v) is 3.62. The van der Waals surface area contributed by atoms with Gasteiger partial charge in [0.25, 0.3) is 0 Å². The number of rotatable bonds is 6. The second-order valence-corrected chi connectivity index (χ2v) is 7.07. The molecule has 0 spiro atoms. The molecule has 2 aromatic rings. The van der Waals surface area contributed by atoms with E-state index in [1.165, 1.54) is 17.3 Å². The van der Waals surface area contributed by atoms with E-state index in [1.807, 2.05) is 30.5 Å². The summed E-state index contributed by atoms with van der Waals surface area (Å²) < 4.78 is 0.942. The van der Waals surface area contributed by atoms with Crippen molar-refractivity contribution in [2.24, 2.45) is 0 Å². The highest BCUT2D eigenvalue weighted by Gasteiger charge is 2.11. The van der Waals surface area contributed by atoms with Crippen molar-refractivity contribution in [1.29, 1.82) is 0 Å². The lowest BCUT2D eigenvalue weighted by molar-refractivity contribution is -0.113. The van der Waals surface area contributed by atoms with Gasteiger partial charge in [-0.05, 0) is 30.9 Å². The number of carbonyl (C=O) groups is 1. The molecule has 0 saturated heterocycles. The minimum Gasteiger partial charge on any atom is -0.325 e. The molecule has 21 heavy (non-hydrogen) atoms. The van der Waals surface area contributed by atoms with Crippen LogP contribution in [0.1, 0.15) is 37.4 Å². The van der Waals surface area contributed by atoms with Crippen molar-refractivity contribution < 1.29 is 4.79 Å². The number of carbonyl (C=O) groups excluding carboxylic acids is 1. The number of hydrogen-bond acceptors (Lipinski definition) is 4. The van der Waals surface area contributed by atoms with Crippen molar-refractivity contribution >= 4 is 34.7 Å². The van der Waals surface area contributed by atoms with Crippen LogP contribution in [0, 0.1) is 6.92 Å². The van der Waals surface area contributed by atoms with E-state index in [2.05, 4.69) is 30.2 Å². The third-order valence-corrected chi connectivity index (χ3v) is 5.44. The number of hydrogen-bond donors (Lipinski definition) is 1. The second kappa shape index (κ2) is 7.61. The first-order valence-electron chi connectivity index (χ1n) is 7.03. The van der Waals surface area contributed by atoms with Gasteiger partial charge < -0.3 is 5.32 Å². The van der Waals surface area contributed by atoms with Crippen LogP contribution in [0.2, 0.25) is 0 Å². The Morgan fingerprint density at radius 2 is 2.19 bits per heavy atom. The molecule has 0 fully saturated rings. The van der Waals surface area contributed by atoms with Crippen LogP contribution in [-0.4, -0.2) is 16.6 Å². The molecule has 1 amide bonds. The highest BCUT2D eigenvalue weighted by atomic mass is 32.2. The second-order valence-electron chi connectivity index (χ2n) is 4.99. The number of thiazole rings is 1. The van der Waals surface area contributed by atoms with Gasteiger partial charge in [-0.2, -0.15) is 0 Å². The summed E-state index contributed by atoms with van der Waals surface area (Å²) in [5.74, 6) is 0.848. The molecule has 1 aromatic heterocycles. The van der Waals surface area contributed by atoms with E-state index < -0.39 is 0 Å². The molecule has 0 bridgehead atoms. The Morgan fingerprint density at radius 1 is 1.43 bits per heavy atom. The molecular formula is C16H20N2OS2. The zero-order valence-corrected chi connectivity index (χ0v) is 14.2. The number of benzene rings is 1. The van der Waals surface area contributed by atoms with Crippen LogP contribution in [0.4, 0.5) is 5.69 Å². The lowest BCUT2D eigenvalue weighted by atomic mass is 9.97. The minimum absolute atomic E-state index is 0.0172. The summed E-state index contributed by atoms with van der Waals surface area (Å²) in [6.45, 7) is 6.30. The van der Waals surface area contributed by atoms with Gasteiger partial charge in [0.15, 0.2) is 4.34 Å². The van der Waals surface area contributed by atoms with Crippen LogP contribution in [0.15, 0.2) is 34.0 Å². The molecule has 2 rings (SSSR count). The molecule has 1 aromatic carbocycles. The van der Waals surface area contributed by atoms with Gasteiger partial charge in [0.2, 0.25) is 5.91 Å². The van der Waals surface area contributed by atoms with E-state index in [4.69, 9.17) is 0 Å². The van der Waals surface area contributed by atoms with Crippen molar-refractivity contribution in [2.45, 2.75) is 37.4 Å². The lowest BCUT2D eigenvalue weighted by Gasteiger charge is -2.15. The molecule has 3 nitrogen and oxygen atoms in total. The molecule has 1 N–H and O–H groups in total. The summed E-state index contributed by atoms with van der Waals surface area (Å²) in [5, 5.41) is 5.02. The van der Waals surface area contributed by atoms with E-state index in [1.54, 1.807) is 11.3 Å². The SMILES string of the molecule is CC[C@H](C)c1ccccc1NC(=O)CSc1nc(C)cs1. The summed E-state index contributed by atoms with van der Waals surface area (Å²) in [6.07, 6.45) is 1.06. The minimum atomic E-state index is 0.0172. The van der Waals surface area contributed by atoms with Crippen LogP contribution in [-0.2, 0) is 4.79 Å². The van der Waals surface area contributed by atoms with Gasteiger partial charge >= 0.3 is 0 Å². The fraction of sp³-hybridized carbons (Fsp3) is 0.375. The van der Waals surface area contributed by atoms with Crippen LogP contribution < -0.4 is 5.32 Å². The third-order valence-electron chi connectivity index (χ3n) is 3.30. The lowest BCUT2D eigenvalue weighted by Crippen LogP contribution is -2.15. The standard InChI is InChI=1S/C16H20N2OS2/c1-4-11(2)13-7-5-6-8-14(13)18-15(19)10-21-16-17-12(3)9-20-16/h5-9,11H,4,10H2,1-3H3,(H,18,19)/t11-/m0/s1. The van der Waals surface area contributed by atoms with E-state index in [-0.39, 0.29) is 5.91 Å². The summed E-state index contributed by atoms with van der Waals surface area (Å²) >= 11 is 3.07. The molecule has 0 saturated carbocycles.